The van der Waals surface area contributed by atoms with Gasteiger partial charge >= 0.3 is 0 Å². The highest BCUT2D eigenvalue weighted by atomic mass is 19.1. The van der Waals surface area contributed by atoms with Crippen molar-refractivity contribution in [3.63, 3.8) is 0 Å². The predicted molar refractivity (Wildman–Crippen MR) is 266 cm³/mol. The van der Waals surface area contributed by atoms with Crippen LogP contribution < -0.4 is 10.3 Å². The Hall–Kier alpha value is -5.90. The van der Waals surface area contributed by atoms with E-state index in [4.69, 9.17) is 0 Å². The number of rotatable bonds is 6. The summed E-state index contributed by atoms with van der Waals surface area (Å²) in [7, 11) is 0. The minimum absolute atomic E-state index is 0.101. The van der Waals surface area contributed by atoms with Gasteiger partial charge in [-0.25, -0.2) is 9.40 Å². The van der Waals surface area contributed by atoms with Crippen molar-refractivity contribution in [2.24, 2.45) is 5.29 Å². The minimum atomic E-state index is -0.300. The lowest BCUT2D eigenvalue weighted by Gasteiger charge is -2.28. The summed E-state index contributed by atoms with van der Waals surface area (Å²) in [5, 5.41) is 10.9. The van der Waals surface area contributed by atoms with Gasteiger partial charge in [0.2, 0.25) is 0 Å². The molecule has 0 radical (unpaired) electrons. The molecule has 6 aliphatic rings. The number of aryl methyl sites for hydroxylation is 10. The molecule has 1 aliphatic carbocycles. The molecule has 5 aliphatic heterocycles. The number of fused-ring (bicyclic) bond motifs is 8. The summed E-state index contributed by atoms with van der Waals surface area (Å²) in [6.45, 7) is 16.8. The number of ketones is 1. The zero-order chi connectivity index (χ0) is 45.5. The second-order valence-corrected chi connectivity index (χ2v) is 19.5. The molecule has 7 heterocycles. The second kappa shape index (κ2) is 18.8. The Bertz CT molecular complexity index is 2980. The van der Waals surface area contributed by atoms with Crippen molar-refractivity contribution < 1.29 is 9.18 Å². The van der Waals surface area contributed by atoms with Gasteiger partial charge in [0.25, 0.3) is 0 Å². The van der Waals surface area contributed by atoms with Gasteiger partial charge in [0.05, 0.1) is 22.0 Å². The molecule has 0 bridgehead atoms. The molecule has 66 heavy (non-hydrogen) atoms. The molecular weight excluding hydrogens is 820 g/mol. The second-order valence-electron chi connectivity index (χ2n) is 19.5. The number of halogens is 1. The van der Waals surface area contributed by atoms with Gasteiger partial charge in [0.15, 0.2) is 5.78 Å². The number of benzene rings is 5. The van der Waals surface area contributed by atoms with Crippen LogP contribution in [0.3, 0.4) is 0 Å². The van der Waals surface area contributed by atoms with Gasteiger partial charge in [-0.15, -0.1) is 4.91 Å². The number of nitrogens with zero attached hydrogens (tertiary/aromatic N) is 5. The highest BCUT2D eigenvalue weighted by Gasteiger charge is 2.29. The van der Waals surface area contributed by atoms with Gasteiger partial charge in [0, 0.05) is 92.8 Å². The largest absolute Gasteiger partial charge is 0.344 e. The molecule has 0 saturated carbocycles. The molecule has 13 rings (SSSR count). The van der Waals surface area contributed by atoms with Crippen LogP contribution in [0.15, 0.2) is 90.2 Å². The molecule has 0 saturated heterocycles. The molecule has 0 amide bonds. The zero-order valence-electron chi connectivity index (χ0n) is 39.2. The average molecular weight is 883 g/mol. The van der Waals surface area contributed by atoms with E-state index in [1.807, 2.05) is 12.1 Å². The van der Waals surface area contributed by atoms with Crippen LogP contribution in [-0.2, 0) is 71.1 Å². The normalized spacial score (nSPS) is 16.1. The van der Waals surface area contributed by atoms with E-state index in [9.17, 15) is 14.1 Å². The molecule has 0 unspecified atom stereocenters. The molecule has 340 valence electrons. The van der Waals surface area contributed by atoms with Crippen molar-refractivity contribution in [1.82, 2.24) is 19.4 Å². The number of hydrogen-bond acceptors (Lipinski definition) is 5. The molecule has 0 fully saturated rings. The molecule has 5 aromatic carbocycles. The maximum absolute atomic E-state index is 13.0. The maximum atomic E-state index is 13.0. The summed E-state index contributed by atoms with van der Waals surface area (Å²) in [6.07, 6.45) is 10.9. The van der Waals surface area contributed by atoms with Crippen LogP contribution in [0.1, 0.15) is 102 Å². The van der Waals surface area contributed by atoms with E-state index in [1.54, 1.807) is 40.1 Å². The molecule has 0 spiro atoms. The fraction of sp³-hybridized carbons (Fsp3) is 0.386. The first-order valence-electron chi connectivity index (χ1n) is 24.4. The van der Waals surface area contributed by atoms with Crippen LogP contribution in [-0.4, -0.2) is 46.0 Å². The number of hydrogen-bond donors (Lipinski definition) is 1. The lowest BCUT2D eigenvalue weighted by Crippen LogP contribution is -2.32. The zero-order valence-corrected chi connectivity index (χ0v) is 39.2. The predicted octanol–water partition coefficient (Wildman–Crippen LogP) is 11.3. The van der Waals surface area contributed by atoms with Crippen molar-refractivity contribution in [3.8, 4) is 0 Å². The number of nitrogens with one attached hydrogen (secondary N) is 1. The highest BCUT2D eigenvalue weighted by molar-refractivity contribution is 5.96. The number of carbonyl (C=O) groups is 1. The third-order valence-electron chi connectivity index (χ3n) is 14.8. The maximum Gasteiger partial charge on any atom is 0.162 e. The van der Waals surface area contributed by atoms with Crippen molar-refractivity contribution in [2.75, 3.05) is 31.2 Å². The van der Waals surface area contributed by atoms with E-state index < -0.39 is 0 Å². The third kappa shape index (κ3) is 8.75. The number of carbonyl (C=O) groups excluding carboxylic acids is 1. The fourth-order valence-electron chi connectivity index (χ4n) is 11.7. The topological polar surface area (TPSA) is 74.9 Å². The number of Topliss-reactive ketones (excluding diaryl/α,β-unsaturated/α-hetero) is 1. The summed E-state index contributed by atoms with van der Waals surface area (Å²) in [5.41, 5.74) is 23.6. The third-order valence-corrected chi connectivity index (χ3v) is 14.8. The first-order chi connectivity index (χ1) is 32.1. The van der Waals surface area contributed by atoms with Gasteiger partial charge in [-0.3, -0.25) is 9.69 Å². The lowest BCUT2D eigenvalue weighted by atomic mass is 9.99. The standard InChI is InChI=1S/C24H25FN2O.C14H16N2.C10H12.C9H10N2O/c1-16-13-18-8-12-27-22-9-11-26(15-21(22)20(14-16)24(18)27)10-2-3-23(28)17-4-6-19(25)7-5-17;1-9-6-10-3-5-16-13-2-4-15-8-12(13)11(7-9)14(10)16;1-8-5-6-9-3-2-4-10(9)7-8;1-7-2-3-9-8(6-7)4-5-11(9)10-12/h4-7,13-14H,2-3,8-12,15H2,1H3;6-7,15H,2-5,8H2,1H3;5-7H,2-4H2,1H3;2-3,6H,4-5H2,1H3. The van der Waals surface area contributed by atoms with E-state index in [0.29, 0.717) is 12.0 Å². The van der Waals surface area contributed by atoms with Crippen LogP contribution in [0, 0.1) is 38.4 Å². The van der Waals surface area contributed by atoms with Crippen molar-refractivity contribution >= 4 is 33.3 Å². The van der Waals surface area contributed by atoms with E-state index >= 15 is 0 Å². The van der Waals surface area contributed by atoms with Gasteiger partial charge in [-0.1, -0.05) is 64.7 Å². The fourth-order valence-corrected chi connectivity index (χ4v) is 11.7. The smallest absolute Gasteiger partial charge is 0.162 e. The Morgan fingerprint density at radius 2 is 1.24 bits per heavy atom. The Morgan fingerprint density at radius 1 is 0.621 bits per heavy atom. The van der Waals surface area contributed by atoms with Crippen molar-refractivity contribution in [2.45, 2.75) is 118 Å². The van der Waals surface area contributed by atoms with Crippen molar-refractivity contribution in [3.05, 3.63) is 174 Å². The first-order valence-corrected chi connectivity index (χ1v) is 24.4. The van der Waals surface area contributed by atoms with E-state index in [0.717, 1.165) is 77.2 Å². The Balaban J connectivity index is 0.000000113. The van der Waals surface area contributed by atoms with Crippen LogP contribution in [0.25, 0.3) is 21.8 Å². The quantitative estimate of drug-likeness (QED) is 0.133. The van der Waals surface area contributed by atoms with Gasteiger partial charge in [0.1, 0.15) is 5.82 Å². The number of aromatic nitrogens is 2. The summed E-state index contributed by atoms with van der Waals surface area (Å²) in [4.78, 5) is 25.1. The van der Waals surface area contributed by atoms with Crippen LogP contribution in [0.4, 0.5) is 10.1 Å². The van der Waals surface area contributed by atoms with Crippen LogP contribution in [0.2, 0.25) is 0 Å². The van der Waals surface area contributed by atoms with Crippen LogP contribution in [0.5, 0.6) is 0 Å². The number of anilines is 1. The van der Waals surface area contributed by atoms with E-state index in [2.05, 4.69) is 101 Å². The lowest BCUT2D eigenvalue weighted by molar-refractivity contribution is 0.0973. The molecule has 7 aromatic rings. The summed E-state index contributed by atoms with van der Waals surface area (Å²) in [6, 6.07) is 28.2. The van der Waals surface area contributed by atoms with E-state index in [-0.39, 0.29) is 11.6 Å². The van der Waals surface area contributed by atoms with Crippen LogP contribution >= 0.6 is 0 Å². The molecule has 0 atom stereocenters. The number of nitroso groups, excluding NO2 is 1. The Labute approximate surface area is 388 Å². The minimum Gasteiger partial charge on any atom is -0.344 e. The Morgan fingerprint density at radius 3 is 1.95 bits per heavy atom. The molecule has 9 heteroatoms. The molecule has 1 N–H and O–H groups in total. The Kier molecular flexibility index (Phi) is 12.5. The summed E-state index contributed by atoms with van der Waals surface area (Å²) < 4.78 is 18.1. The van der Waals surface area contributed by atoms with E-state index in [1.165, 1.54) is 122 Å². The highest BCUT2D eigenvalue weighted by Crippen LogP contribution is 2.38. The monoisotopic (exact) mass is 882 g/mol. The average Bonchev–Trinajstić information content (AvgIpc) is 4.19. The molecule has 2 aromatic heterocycles. The summed E-state index contributed by atoms with van der Waals surface area (Å²) >= 11 is 0. The van der Waals surface area contributed by atoms with Gasteiger partial charge < -0.3 is 14.5 Å². The van der Waals surface area contributed by atoms with Crippen molar-refractivity contribution in [1.29, 1.82) is 0 Å². The molecule has 8 nitrogen and oxygen atoms in total. The van der Waals surface area contributed by atoms with Gasteiger partial charge in [-0.05, 0) is 161 Å². The molecular formula is C57H63FN6O2. The summed E-state index contributed by atoms with van der Waals surface area (Å²) in [5.74, 6) is -0.199. The SMILES string of the molecule is Cc1cc2c3c(c1)c1c(n3CC2)CCN(CCCC(=O)c2ccc(F)cc2)C1.Cc1cc2c3c(c1)c1c(n3CC2)CCNC1.Cc1ccc2c(c1)CCC2.Cc1ccc2c(c1)CCN2N=O. The van der Waals surface area contributed by atoms with Gasteiger partial charge in [-0.2, -0.15) is 0 Å². The first kappa shape index (κ1) is 44.0.